The predicted molar refractivity (Wildman–Crippen MR) is 134 cm³/mol. The zero-order valence-electron chi connectivity index (χ0n) is 19.1. The molecule has 1 fully saturated rings. The number of methoxy groups -OCH3 is 1. The van der Waals surface area contributed by atoms with Crippen LogP contribution in [-0.4, -0.2) is 55.9 Å². The normalized spacial score (nSPS) is 13.3. The number of hydrogen-bond acceptors (Lipinski definition) is 8. The van der Waals surface area contributed by atoms with Crippen molar-refractivity contribution in [1.29, 1.82) is 0 Å². The molecule has 33 heavy (non-hydrogen) atoms. The van der Waals surface area contributed by atoms with E-state index in [1.807, 2.05) is 13.0 Å². The minimum atomic E-state index is -0.385. The van der Waals surface area contributed by atoms with Gasteiger partial charge in [-0.15, -0.1) is 0 Å². The number of aryl methyl sites for hydroxylation is 1. The van der Waals surface area contributed by atoms with E-state index in [1.165, 1.54) is 13.2 Å². The Kier molecular flexibility index (Phi) is 8.85. The van der Waals surface area contributed by atoms with Gasteiger partial charge < -0.3 is 19.7 Å². The molecular weight excluding hydrogens is 443 g/mol. The molecule has 3 aromatic rings. The standard InChI is InChI=1S/C15H17N3O3S.C9H12FN.H2/c1-20-15(19)10-6-11(9-22)14-12(7-10)16-8-13(17-14)18-2-4-21-5-3-18;1-3-11-8-5-4-7(2)9(10)6-8;/h6-8,22H,2-5,9H2,1H3;4-6,11H,3H2,1-2H3;1H. The molecule has 0 unspecified atom stereocenters. The van der Waals surface area contributed by atoms with Crippen LogP contribution >= 0.6 is 12.6 Å². The fraction of sp³-hybridized carbons (Fsp3) is 0.375. The van der Waals surface area contributed by atoms with Gasteiger partial charge in [-0.1, -0.05) is 6.07 Å². The van der Waals surface area contributed by atoms with Gasteiger partial charge in [0, 0.05) is 32.5 Å². The largest absolute Gasteiger partial charge is 0.465 e. The van der Waals surface area contributed by atoms with Gasteiger partial charge in [-0.05, 0) is 49.2 Å². The second kappa shape index (κ2) is 11.8. The lowest BCUT2D eigenvalue weighted by molar-refractivity contribution is 0.0600. The van der Waals surface area contributed by atoms with E-state index in [0.29, 0.717) is 35.6 Å². The zero-order chi connectivity index (χ0) is 23.8. The van der Waals surface area contributed by atoms with Crippen LogP contribution in [-0.2, 0) is 15.2 Å². The maximum Gasteiger partial charge on any atom is 0.337 e. The first-order valence-electron chi connectivity index (χ1n) is 10.8. The molecule has 0 saturated carbocycles. The van der Waals surface area contributed by atoms with Crippen molar-refractivity contribution in [3.63, 3.8) is 0 Å². The molecule has 1 N–H and O–H groups in total. The monoisotopic (exact) mass is 474 g/mol. The third-order valence-electron chi connectivity index (χ3n) is 5.19. The van der Waals surface area contributed by atoms with Crippen molar-refractivity contribution >= 4 is 41.1 Å². The first-order valence-corrected chi connectivity index (χ1v) is 11.4. The average molecular weight is 475 g/mol. The van der Waals surface area contributed by atoms with Crippen molar-refractivity contribution in [3.05, 3.63) is 59.0 Å². The lowest BCUT2D eigenvalue weighted by atomic mass is 10.1. The van der Waals surface area contributed by atoms with E-state index in [-0.39, 0.29) is 13.2 Å². The highest BCUT2D eigenvalue weighted by molar-refractivity contribution is 7.79. The van der Waals surface area contributed by atoms with Gasteiger partial charge in [0.1, 0.15) is 11.6 Å². The third-order valence-corrected chi connectivity index (χ3v) is 5.53. The van der Waals surface area contributed by atoms with Crippen LogP contribution in [0.3, 0.4) is 0 Å². The van der Waals surface area contributed by atoms with Crippen molar-refractivity contribution < 1.29 is 20.1 Å². The predicted octanol–water partition coefficient (Wildman–Crippen LogP) is 4.49. The summed E-state index contributed by atoms with van der Waals surface area (Å²) < 4.78 is 23.0. The number of aromatic nitrogens is 2. The number of carbonyl (C=O) groups excluding carboxylic acids is 1. The number of fused-ring (bicyclic) bond motifs is 1. The van der Waals surface area contributed by atoms with E-state index in [9.17, 15) is 9.18 Å². The minimum Gasteiger partial charge on any atom is -0.465 e. The Morgan fingerprint density at radius 1 is 1.30 bits per heavy atom. The fourth-order valence-electron chi connectivity index (χ4n) is 3.38. The molecule has 4 rings (SSSR count). The molecule has 0 radical (unpaired) electrons. The number of rotatable bonds is 5. The van der Waals surface area contributed by atoms with Crippen LogP contribution in [0.15, 0.2) is 36.5 Å². The number of anilines is 2. The second-order valence-corrected chi connectivity index (χ2v) is 7.79. The van der Waals surface area contributed by atoms with E-state index in [1.54, 1.807) is 31.3 Å². The van der Waals surface area contributed by atoms with E-state index < -0.39 is 0 Å². The van der Waals surface area contributed by atoms with E-state index in [2.05, 4.69) is 27.8 Å². The number of hydrogen-bond donors (Lipinski definition) is 2. The van der Waals surface area contributed by atoms with Crippen LogP contribution in [0.2, 0.25) is 0 Å². The lowest BCUT2D eigenvalue weighted by Crippen LogP contribution is -2.36. The third kappa shape index (κ3) is 6.33. The highest BCUT2D eigenvalue weighted by Gasteiger charge is 2.16. The Morgan fingerprint density at radius 2 is 2.06 bits per heavy atom. The number of ether oxygens (including phenoxy) is 2. The molecule has 0 spiro atoms. The smallest absolute Gasteiger partial charge is 0.337 e. The first kappa shape index (κ1) is 24.7. The van der Waals surface area contributed by atoms with Crippen molar-refractivity contribution in [2.24, 2.45) is 0 Å². The minimum absolute atomic E-state index is 0. The highest BCUT2D eigenvalue weighted by Crippen LogP contribution is 2.23. The van der Waals surface area contributed by atoms with Gasteiger partial charge in [-0.25, -0.2) is 14.2 Å². The molecule has 2 heterocycles. The summed E-state index contributed by atoms with van der Waals surface area (Å²) in [6, 6.07) is 8.62. The maximum atomic E-state index is 12.9. The zero-order valence-corrected chi connectivity index (χ0v) is 20.0. The summed E-state index contributed by atoms with van der Waals surface area (Å²) in [5.41, 5.74) is 4.30. The van der Waals surface area contributed by atoms with Crippen LogP contribution in [0.25, 0.3) is 11.0 Å². The summed E-state index contributed by atoms with van der Waals surface area (Å²) in [6.07, 6.45) is 1.73. The van der Waals surface area contributed by atoms with Crippen molar-refractivity contribution in [1.82, 2.24) is 9.97 Å². The molecule has 0 aliphatic carbocycles. The molecule has 7 nitrogen and oxygen atoms in total. The van der Waals surface area contributed by atoms with Gasteiger partial charge in [0.05, 0.1) is 43.1 Å². The van der Waals surface area contributed by atoms with E-state index in [4.69, 9.17) is 14.5 Å². The SMILES string of the molecule is CCNc1ccc(C)c(F)c1.COC(=O)c1cc(CS)c2nc(N3CCOCC3)cnc2c1.[HH]. The Balaban J connectivity index is 0.000000289. The molecule has 0 atom stereocenters. The van der Waals surface area contributed by atoms with Crippen LogP contribution in [0.5, 0.6) is 0 Å². The number of esters is 1. The Morgan fingerprint density at radius 3 is 2.70 bits per heavy atom. The number of morpholine rings is 1. The molecule has 2 aromatic carbocycles. The molecule has 178 valence electrons. The molecule has 1 aliphatic heterocycles. The topological polar surface area (TPSA) is 76.6 Å². The molecule has 1 aromatic heterocycles. The number of nitrogens with zero attached hydrogens (tertiary/aromatic N) is 3. The summed E-state index contributed by atoms with van der Waals surface area (Å²) in [5.74, 6) is 0.764. The molecular formula is C24H31FN4O3S. The van der Waals surface area contributed by atoms with Gasteiger partial charge in [0.2, 0.25) is 0 Å². The van der Waals surface area contributed by atoms with Crippen molar-refractivity contribution in [3.8, 4) is 0 Å². The Bertz CT molecular complexity index is 1110. The molecule has 9 heteroatoms. The highest BCUT2D eigenvalue weighted by atomic mass is 32.1. The summed E-state index contributed by atoms with van der Waals surface area (Å²) in [4.78, 5) is 23.0. The lowest BCUT2D eigenvalue weighted by Gasteiger charge is -2.27. The quantitative estimate of drug-likeness (QED) is 0.417. The molecule has 0 amide bonds. The van der Waals surface area contributed by atoms with Crippen LogP contribution < -0.4 is 10.2 Å². The summed E-state index contributed by atoms with van der Waals surface area (Å²) in [6.45, 7) is 7.56. The second-order valence-electron chi connectivity index (χ2n) is 7.47. The van der Waals surface area contributed by atoms with Gasteiger partial charge in [-0.3, -0.25) is 4.98 Å². The average Bonchev–Trinajstić information content (AvgIpc) is 2.86. The Labute approximate surface area is 200 Å². The fourth-order valence-corrected chi connectivity index (χ4v) is 3.63. The van der Waals surface area contributed by atoms with Crippen LogP contribution in [0.4, 0.5) is 15.9 Å². The van der Waals surface area contributed by atoms with Crippen molar-refractivity contribution in [2.75, 3.05) is 50.2 Å². The van der Waals surface area contributed by atoms with Crippen LogP contribution in [0.1, 0.15) is 29.8 Å². The number of thiol groups is 1. The molecule has 0 bridgehead atoms. The Hall–Kier alpha value is -2.91. The van der Waals surface area contributed by atoms with Crippen LogP contribution in [0, 0.1) is 12.7 Å². The summed E-state index contributed by atoms with van der Waals surface area (Å²) in [5, 5.41) is 3.04. The summed E-state index contributed by atoms with van der Waals surface area (Å²) >= 11 is 4.34. The molecule has 1 saturated heterocycles. The number of benzene rings is 2. The van der Waals surface area contributed by atoms with Gasteiger partial charge in [0.25, 0.3) is 0 Å². The first-order chi connectivity index (χ1) is 16.0. The van der Waals surface area contributed by atoms with E-state index >= 15 is 0 Å². The maximum absolute atomic E-state index is 12.9. The number of halogens is 1. The number of carbonyl (C=O) groups is 1. The van der Waals surface area contributed by atoms with E-state index in [0.717, 1.165) is 42.2 Å². The number of nitrogens with one attached hydrogen (secondary N) is 1. The van der Waals surface area contributed by atoms with Crippen molar-refractivity contribution in [2.45, 2.75) is 19.6 Å². The molecule has 1 aliphatic rings. The van der Waals surface area contributed by atoms with Gasteiger partial charge in [0.15, 0.2) is 0 Å². The summed E-state index contributed by atoms with van der Waals surface area (Å²) in [7, 11) is 1.36. The van der Waals surface area contributed by atoms with Gasteiger partial charge >= 0.3 is 5.97 Å². The van der Waals surface area contributed by atoms with Gasteiger partial charge in [-0.2, -0.15) is 12.6 Å².